The van der Waals surface area contributed by atoms with Crippen LogP contribution in [0, 0.1) is 17.8 Å². The summed E-state index contributed by atoms with van der Waals surface area (Å²) in [5.74, 6) is 2.41. The van der Waals surface area contributed by atoms with Gasteiger partial charge in [0.2, 0.25) is 0 Å². The monoisotopic (exact) mass is 282 g/mol. The molecule has 2 heteroatoms. The second-order valence-corrected chi connectivity index (χ2v) is 7.57. The highest BCUT2D eigenvalue weighted by Gasteiger charge is 2.25. The van der Waals surface area contributed by atoms with E-state index < -0.39 is 0 Å². The Balaban J connectivity index is 2.60. The molecule has 0 saturated heterocycles. The molecule has 0 amide bonds. The summed E-state index contributed by atoms with van der Waals surface area (Å²) in [5, 5.41) is 3.76. The summed E-state index contributed by atoms with van der Waals surface area (Å²) in [5.41, 5.74) is 0. The van der Waals surface area contributed by atoms with E-state index in [4.69, 9.17) is 0 Å². The Morgan fingerprint density at radius 1 is 0.950 bits per heavy atom. The van der Waals surface area contributed by atoms with Gasteiger partial charge in [0.1, 0.15) is 0 Å². The number of rotatable bonds is 8. The van der Waals surface area contributed by atoms with Crippen LogP contribution in [-0.4, -0.2) is 37.1 Å². The fraction of sp³-hybridized carbons (Fsp3) is 1.00. The first-order valence-corrected chi connectivity index (χ1v) is 8.98. The fourth-order valence-corrected chi connectivity index (χ4v) is 3.72. The van der Waals surface area contributed by atoms with Crippen LogP contribution < -0.4 is 5.32 Å². The van der Waals surface area contributed by atoms with E-state index in [0.717, 1.165) is 30.3 Å². The molecule has 0 spiro atoms. The number of hydrogen-bond donors (Lipinski definition) is 1. The molecule has 0 radical (unpaired) electrons. The van der Waals surface area contributed by atoms with Crippen molar-refractivity contribution < 1.29 is 0 Å². The molecule has 2 atom stereocenters. The van der Waals surface area contributed by atoms with Crippen molar-refractivity contribution in [2.75, 3.05) is 26.2 Å². The molecule has 0 aromatic heterocycles. The predicted octanol–water partition coefficient (Wildman–Crippen LogP) is 4.16. The molecule has 1 aliphatic carbocycles. The maximum Gasteiger partial charge on any atom is 0.0107 e. The maximum absolute atomic E-state index is 3.76. The predicted molar refractivity (Wildman–Crippen MR) is 90.2 cm³/mol. The highest BCUT2D eigenvalue weighted by Crippen LogP contribution is 2.25. The van der Waals surface area contributed by atoms with Crippen LogP contribution in [0.1, 0.15) is 66.7 Å². The average molecular weight is 283 g/mol. The topological polar surface area (TPSA) is 15.3 Å². The molecule has 0 heterocycles. The van der Waals surface area contributed by atoms with Gasteiger partial charge in [-0.2, -0.15) is 0 Å². The van der Waals surface area contributed by atoms with Crippen LogP contribution >= 0.6 is 0 Å². The number of nitrogens with one attached hydrogen (secondary N) is 1. The molecule has 1 aliphatic rings. The summed E-state index contributed by atoms with van der Waals surface area (Å²) < 4.78 is 0. The summed E-state index contributed by atoms with van der Waals surface area (Å²) in [7, 11) is 0. The molecule has 2 unspecified atom stereocenters. The largest absolute Gasteiger partial charge is 0.314 e. The second-order valence-electron chi connectivity index (χ2n) is 7.57. The van der Waals surface area contributed by atoms with Gasteiger partial charge in [0, 0.05) is 25.7 Å². The molecule has 0 bridgehead atoms. The average Bonchev–Trinajstić information content (AvgIpc) is 2.54. The van der Waals surface area contributed by atoms with E-state index in [0.29, 0.717) is 0 Å². The van der Waals surface area contributed by atoms with Crippen LogP contribution in [0.2, 0.25) is 0 Å². The van der Waals surface area contributed by atoms with Gasteiger partial charge in [-0.25, -0.2) is 0 Å². The lowest BCUT2D eigenvalue weighted by Gasteiger charge is -2.34. The molecule has 0 aromatic rings. The Hall–Kier alpha value is -0.0800. The Morgan fingerprint density at radius 3 is 2.10 bits per heavy atom. The van der Waals surface area contributed by atoms with E-state index in [1.165, 1.54) is 51.7 Å². The first-order chi connectivity index (χ1) is 9.52. The maximum atomic E-state index is 3.76. The molecule has 1 rings (SSSR count). The first kappa shape index (κ1) is 18.0. The summed E-state index contributed by atoms with van der Waals surface area (Å²) in [6.07, 6.45) is 7.10. The molecule has 0 aromatic carbocycles. The molecule has 20 heavy (non-hydrogen) atoms. The summed E-state index contributed by atoms with van der Waals surface area (Å²) >= 11 is 0. The minimum Gasteiger partial charge on any atom is -0.314 e. The normalized spacial score (nSPS) is 24.6. The van der Waals surface area contributed by atoms with E-state index in [1.54, 1.807) is 0 Å². The van der Waals surface area contributed by atoms with Gasteiger partial charge in [-0.1, -0.05) is 53.9 Å². The quantitative estimate of drug-likeness (QED) is 0.673. The minimum atomic E-state index is 0.754. The first-order valence-electron chi connectivity index (χ1n) is 8.98. The van der Waals surface area contributed by atoms with E-state index in [1.807, 2.05) is 0 Å². The van der Waals surface area contributed by atoms with Crippen molar-refractivity contribution in [1.82, 2.24) is 10.2 Å². The van der Waals surface area contributed by atoms with E-state index in [9.17, 15) is 0 Å². The van der Waals surface area contributed by atoms with Crippen LogP contribution in [0.3, 0.4) is 0 Å². The third-order valence-corrected chi connectivity index (χ3v) is 4.36. The Morgan fingerprint density at radius 2 is 1.55 bits per heavy atom. The Kier molecular flexibility index (Phi) is 8.79. The standard InChI is InChI=1S/C18H38N2/c1-6-19-18-11-9-7-8-10-17(18)14-20(12-15(2)3)13-16(4)5/h15-19H,6-14H2,1-5H3. The van der Waals surface area contributed by atoms with Crippen LogP contribution in [-0.2, 0) is 0 Å². The molecule has 0 aliphatic heterocycles. The van der Waals surface area contributed by atoms with Gasteiger partial charge >= 0.3 is 0 Å². The van der Waals surface area contributed by atoms with Crippen LogP contribution in [0.15, 0.2) is 0 Å². The zero-order chi connectivity index (χ0) is 15.0. The van der Waals surface area contributed by atoms with Gasteiger partial charge in [-0.3, -0.25) is 0 Å². The van der Waals surface area contributed by atoms with Crippen molar-refractivity contribution in [1.29, 1.82) is 0 Å². The molecular weight excluding hydrogens is 244 g/mol. The Bertz CT molecular complexity index is 228. The summed E-state index contributed by atoms with van der Waals surface area (Å²) in [6, 6.07) is 0.754. The van der Waals surface area contributed by atoms with Crippen molar-refractivity contribution in [3.63, 3.8) is 0 Å². The van der Waals surface area contributed by atoms with Gasteiger partial charge in [0.25, 0.3) is 0 Å². The highest BCUT2D eigenvalue weighted by molar-refractivity contribution is 4.82. The van der Waals surface area contributed by atoms with E-state index >= 15 is 0 Å². The zero-order valence-corrected chi connectivity index (χ0v) is 14.6. The lowest BCUT2D eigenvalue weighted by atomic mass is 9.93. The molecule has 1 saturated carbocycles. The minimum absolute atomic E-state index is 0.754. The van der Waals surface area contributed by atoms with Gasteiger partial charge in [-0.05, 0) is 37.1 Å². The zero-order valence-electron chi connectivity index (χ0n) is 14.6. The van der Waals surface area contributed by atoms with Crippen molar-refractivity contribution in [3.05, 3.63) is 0 Å². The number of nitrogens with zero attached hydrogens (tertiary/aromatic N) is 1. The van der Waals surface area contributed by atoms with Gasteiger partial charge in [-0.15, -0.1) is 0 Å². The molecule has 120 valence electrons. The molecular formula is C18H38N2. The van der Waals surface area contributed by atoms with Gasteiger partial charge in [0.05, 0.1) is 0 Å². The third kappa shape index (κ3) is 7.08. The third-order valence-electron chi connectivity index (χ3n) is 4.36. The molecule has 2 nitrogen and oxygen atoms in total. The lowest BCUT2D eigenvalue weighted by molar-refractivity contribution is 0.163. The van der Waals surface area contributed by atoms with E-state index in [-0.39, 0.29) is 0 Å². The summed E-state index contributed by atoms with van der Waals surface area (Å²) in [6.45, 7) is 16.6. The smallest absolute Gasteiger partial charge is 0.0107 e. The van der Waals surface area contributed by atoms with E-state index in [2.05, 4.69) is 44.8 Å². The highest BCUT2D eigenvalue weighted by atomic mass is 15.1. The molecule has 1 fully saturated rings. The second kappa shape index (κ2) is 9.78. The number of hydrogen-bond acceptors (Lipinski definition) is 2. The van der Waals surface area contributed by atoms with Crippen LogP contribution in [0.4, 0.5) is 0 Å². The van der Waals surface area contributed by atoms with Crippen molar-refractivity contribution in [2.45, 2.75) is 72.8 Å². The van der Waals surface area contributed by atoms with Crippen LogP contribution in [0.5, 0.6) is 0 Å². The SMILES string of the molecule is CCNC1CCCCCC1CN(CC(C)C)CC(C)C. The van der Waals surface area contributed by atoms with Crippen LogP contribution in [0.25, 0.3) is 0 Å². The Labute approximate surface area is 127 Å². The fourth-order valence-electron chi connectivity index (χ4n) is 3.72. The van der Waals surface area contributed by atoms with Crippen molar-refractivity contribution in [2.24, 2.45) is 17.8 Å². The van der Waals surface area contributed by atoms with Gasteiger partial charge in [0.15, 0.2) is 0 Å². The van der Waals surface area contributed by atoms with Crippen molar-refractivity contribution in [3.8, 4) is 0 Å². The summed E-state index contributed by atoms with van der Waals surface area (Å²) in [4.78, 5) is 2.73. The molecule has 1 N–H and O–H groups in total. The van der Waals surface area contributed by atoms with Gasteiger partial charge < -0.3 is 10.2 Å². The lowest BCUT2D eigenvalue weighted by Crippen LogP contribution is -2.43. The van der Waals surface area contributed by atoms with Crippen molar-refractivity contribution >= 4 is 0 Å².